The number of rotatable bonds is 58. The molecule has 1 aliphatic heterocycles. The van der Waals surface area contributed by atoms with Crippen LogP contribution in [0.3, 0.4) is 0 Å². The van der Waals surface area contributed by atoms with Gasteiger partial charge in [-0.2, -0.15) is 0 Å². The summed E-state index contributed by atoms with van der Waals surface area (Å²) in [5.41, 5.74) is 24.7. The van der Waals surface area contributed by atoms with Crippen LogP contribution in [0.4, 0.5) is 0 Å². The number of benzene rings is 1. The Balaban J connectivity index is 1.08. The molecule has 6 heterocycles. The van der Waals surface area contributed by atoms with Crippen molar-refractivity contribution in [1.82, 2.24) is 124 Å². The summed E-state index contributed by atoms with van der Waals surface area (Å²) in [5.74, 6) is -18.3. The first-order valence-electron chi connectivity index (χ1n) is 43.8. The van der Waals surface area contributed by atoms with Gasteiger partial charge in [-0.1, -0.05) is 46.2 Å². The van der Waals surface area contributed by atoms with Crippen molar-refractivity contribution < 1.29 is 102 Å². The maximum absolute atomic E-state index is 15.1. The molecule has 0 bridgehead atoms. The first-order valence-corrected chi connectivity index (χ1v) is 43.8. The number of carboxylic acid groups (broad SMARTS) is 2. The maximum Gasteiger partial charge on any atom is 0.326 e. The highest BCUT2D eigenvalue weighted by Crippen LogP contribution is 2.23. The lowest BCUT2D eigenvalue weighted by Crippen LogP contribution is -2.62. The SMILES string of the molecule is CC(C)C[C@H](NC(=O)[C@H](Cc1cnc[nH]1)NC(=O)[C@H](Cc1cnc[nH]1)NC(=O)[C@@H](N)CCCCN)C(=O)N[C@@H](Cc1cnc[nH]1)C(=O)N[C@@H](Cc1cnc[nH]1)C(=O)N[C@@H](CCC(=O)O)C(=O)N[C@@H](Cc1cnc[nH]1)C(=O)N[C@@H](C)C(=O)N[C@@H](Cc1ccc(O)cc1)C(=O)N1CCC[C@H]1C(=O)N[C@H](C(=O)N[C@@H](CC(C)C)C(=O)N[C@@H](CCCCN)C(=O)N[C@@H](CC(N)=O)C(=O)O)[C@@H](C)O. The Morgan fingerprint density at radius 3 is 1.15 bits per heavy atom. The Morgan fingerprint density at radius 1 is 0.421 bits per heavy atom. The molecule has 6 aromatic rings. The number of aliphatic hydroxyl groups excluding tert-OH is 1. The molecule has 1 aromatic carbocycles. The van der Waals surface area contributed by atoms with Gasteiger partial charge in [-0.3, -0.25) is 76.7 Å². The standard InChI is InChI=1S/C84H124N28O21/c1-43(2)24-57(103-79(127)62(30-51-36-92-41-97-51)107-78(126)60(28-49-34-90-39-95-49)102-71(119)54(87)12-7-9-21-85)76(124)105-63(31-52-37-93-42-98-52)80(128)106-61(29-50-35-91-40-96-50)77(125)101-56(19-20-68(116)117)73(121)104-59(27-48-33-89-38-94-48)74(122)99-45(5)70(118)109-64(26-47-15-17-53(114)18-16-47)83(131)112-23-11-14-66(112)81(129)111-69(46(6)113)82(130)108-58(25-44(3)4)75(123)100-55(13-8-10-22-86)72(120)110-65(84(132)133)32-67(88)115/h15-18,33-46,54-66,69,113-114H,7-14,19-32,85-87H2,1-6H3,(H2,88,115)(H,89,94)(H,90,95)(H,91,96)(H,92,97)(H,93,98)(H,99,122)(H,100,123)(H,101,125)(H,102,119)(H,103,127)(H,104,121)(H,105,124)(H,106,128)(H,107,126)(H,108,130)(H,109,118)(H,110,120)(H,111,129)(H,116,117)(H,132,133)/t45-,46+,54-,55-,56-,57-,58-,59-,60-,61-,62-,63-,64-,65-,66-,69-/m0/s1. The molecule has 0 saturated carbocycles. The molecule has 30 N–H and O–H groups in total. The zero-order valence-electron chi connectivity index (χ0n) is 74.8. The largest absolute Gasteiger partial charge is 0.508 e. The molecule has 49 nitrogen and oxygen atoms in total. The van der Waals surface area contributed by atoms with Gasteiger partial charge in [0.25, 0.3) is 0 Å². The number of nitrogens with two attached hydrogens (primary N) is 4. The molecule has 49 heteroatoms. The van der Waals surface area contributed by atoms with Gasteiger partial charge in [0.1, 0.15) is 90.3 Å². The van der Waals surface area contributed by atoms with Crippen LogP contribution in [0, 0.1) is 11.8 Å². The number of aromatic amines is 5. The number of aliphatic hydroxyl groups is 1. The van der Waals surface area contributed by atoms with Gasteiger partial charge in [-0.25, -0.2) is 29.7 Å². The van der Waals surface area contributed by atoms with Crippen LogP contribution in [0.15, 0.2) is 86.9 Å². The van der Waals surface area contributed by atoms with E-state index in [9.17, 15) is 92.3 Å². The van der Waals surface area contributed by atoms with E-state index in [0.29, 0.717) is 48.5 Å². The summed E-state index contributed by atoms with van der Waals surface area (Å²) in [7, 11) is 0. The number of aromatic hydroxyl groups is 1. The average Bonchev–Trinajstić information content (AvgIpc) is 1.71. The number of amides is 15. The van der Waals surface area contributed by atoms with Crippen LogP contribution in [0.25, 0.3) is 0 Å². The van der Waals surface area contributed by atoms with Crippen molar-refractivity contribution >= 4 is 101 Å². The average molecular weight is 1860 g/mol. The molecule has 0 radical (unpaired) electrons. The Morgan fingerprint density at radius 2 is 0.774 bits per heavy atom. The predicted molar refractivity (Wildman–Crippen MR) is 471 cm³/mol. The molecule has 0 aliphatic carbocycles. The Bertz CT molecular complexity index is 4810. The number of imidazole rings is 5. The summed E-state index contributed by atoms with van der Waals surface area (Å²) in [5, 5.41) is 74.5. The third kappa shape index (κ3) is 35.3. The highest BCUT2D eigenvalue weighted by Gasteiger charge is 2.43. The second kappa shape index (κ2) is 53.3. The molecule has 133 heavy (non-hydrogen) atoms. The highest BCUT2D eigenvalue weighted by molar-refractivity contribution is 6.01. The number of aliphatic carboxylic acids is 2. The van der Waals surface area contributed by atoms with E-state index in [-0.39, 0.29) is 113 Å². The molecule has 0 spiro atoms. The van der Waals surface area contributed by atoms with Gasteiger partial charge in [-0.05, 0) is 121 Å². The summed E-state index contributed by atoms with van der Waals surface area (Å²) < 4.78 is 0. The van der Waals surface area contributed by atoms with Crippen molar-refractivity contribution in [2.45, 2.75) is 260 Å². The molecule has 16 atom stereocenters. The van der Waals surface area contributed by atoms with Crippen LogP contribution in [0.2, 0.25) is 0 Å². The molecule has 726 valence electrons. The molecule has 5 aromatic heterocycles. The van der Waals surface area contributed by atoms with Crippen molar-refractivity contribution in [2.75, 3.05) is 19.6 Å². The van der Waals surface area contributed by atoms with Gasteiger partial charge in [0.2, 0.25) is 88.6 Å². The molecule has 1 fully saturated rings. The normalized spacial score (nSPS) is 15.8. The third-order valence-corrected chi connectivity index (χ3v) is 21.6. The molecule has 1 aliphatic rings. The topological polar surface area (TPSA) is 778 Å². The number of hydrogen-bond acceptors (Lipinski definition) is 27. The van der Waals surface area contributed by atoms with E-state index in [1.165, 1.54) is 101 Å². The van der Waals surface area contributed by atoms with Gasteiger partial charge in [0.15, 0.2) is 0 Å². The summed E-state index contributed by atoms with van der Waals surface area (Å²) in [6.07, 6.45) is 9.79. The Labute approximate surface area is 764 Å². The zero-order chi connectivity index (χ0) is 97.5. The van der Waals surface area contributed by atoms with Crippen LogP contribution in [0.1, 0.15) is 159 Å². The number of phenols is 1. The highest BCUT2D eigenvalue weighted by atomic mass is 16.4. The van der Waals surface area contributed by atoms with E-state index in [1.807, 2.05) is 0 Å². The van der Waals surface area contributed by atoms with Crippen LogP contribution >= 0.6 is 0 Å². The van der Waals surface area contributed by atoms with E-state index in [0.717, 1.165) is 4.90 Å². The smallest absolute Gasteiger partial charge is 0.326 e. The number of phenolic OH excluding ortho intramolecular Hbond substituents is 1. The first kappa shape index (κ1) is 106. The Hall–Kier alpha value is -14.1. The summed E-state index contributed by atoms with van der Waals surface area (Å²) in [4.78, 5) is 275. The summed E-state index contributed by atoms with van der Waals surface area (Å²) in [6.45, 7) is 9.80. The minimum absolute atomic E-state index is 0.0158. The van der Waals surface area contributed by atoms with E-state index in [4.69, 9.17) is 22.9 Å². The van der Waals surface area contributed by atoms with Gasteiger partial charge < -0.3 is 142 Å². The summed E-state index contributed by atoms with van der Waals surface area (Å²) in [6, 6.07) is -17.5. The number of aromatic nitrogens is 10. The van der Waals surface area contributed by atoms with Gasteiger partial charge in [-0.15, -0.1) is 0 Å². The van der Waals surface area contributed by atoms with E-state index in [2.05, 4.69) is 119 Å². The fourth-order valence-corrected chi connectivity index (χ4v) is 14.5. The van der Waals surface area contributed by atoms with Crippen molar-refractivity contribution in [3.8, 4) is 5.75 Å². The Kier molecular flexibility index (Phi) is 42.4. The predicted octanol–water partition coefficient (Wildman–Crippen LogP) is -6.04. The van der Waals surface area contributed by atoms with Gasteiger partial charge in [0, 0.05) is 111 Å². The fraction of sp³-hybridized carbons (Fsp3) is 0.548. The lowest BCUT2D eigenvalue weighted by molar-refractivity contribution is -0.144. The number of carbonyl (C=O) groups excluding carboxylic acids is 15. The maximum atomic E-state index is 15.1. The van der Waals surface area contributed by atoms with E-state index >= 15 is 9.59 Å². The van der Waals surface area contributed by atoms with E-state index in [1.54, 1.807) is 27.7 Å². The molecule has 7 rings (SSSR count). The number of carboxylic acids is 2. The molecular formula is C84H124N28O21. The lowest BCUT2D eigenvalue weighted by Gasteiger charge is -2.31. The number of primary amides is 1. The number of nitrogens with zero attached hydrogens (tertiary/aromatic N) is 6. The van der Waals surface area contributed by atoms with Crippen molar-refractivity contribution in [1.29, 1.82) is 0 Å². The van der Waals surface area contributed by atoms with Crippen molar-refractivity contribution in [3.63, 3.8) is 0 Å². The van der Waals surface area contributed by atoms with Crippen LogP contribution in [-0.2, 0) is 120 Å². The quantitative estimate of drug-likeness (QED) is 0.0158. The number of nitrogens with one attached hydrogen (secondary N) is 18. The van der Waals surface area contributed by atoms with Crippen LogP contribution in [-0.4, -0.2) is 292 Å². The lowest BCUT2D eigenvalue weighted by atomic mass is 10.0. The number of carbonyl (C=O) groups is 17. The van der Waals surface area contributed by atoms with Crippen molar-refractivity contribution in [2.24, 2.45) is 34.8 Å². The number of hydrogen-bond donors (Lipinski definition) is 26. The first-order chi connectivity index (χ1) is 63.3. The van der Waals surface area contributed by atoms with Crippen molar-refractivity contribution in [3.05, 3.63) is 121 Å². The molecule has 15 amide bonds. The monoisotopic (exact) mass is 1860 g/mol. The number of H-pyrrole nitrogens is 5. The van der Waals surface area contributed by atoms with Crippen LogP contribution in [0.5, 0.6) is 5.75 Å². The zero-order valence-corrected chi connectivity index (χ0v) is 74.8. The van der Waals surface area contributed by atoms with Crippen LogP contribution < -0.4 is 92.1 Å². The van der Waals surface area contributed by atoms with Gasteiger partial charge >= 0.3 is 11.9 Å². The number of likely N-dealkylation sites (tertiary alicyclic amines) is 1. The van der Waals surface area contributed by atoms with Gasteiger partial charge in [0.05, 0.1) is 50.2 Å². The molecular weight excluding hydrogens is 1740 g/mol. The third-order valence-electron chi connectivity index (χ3n) is 21.6. The molecule has 1 saturated heterocycles. The summed E-state index contributed by atoms with van der Waals surface area (Å²) >= 11 is 0. The number of unbranched alkanes of at least 4 members (excludes halogenated alkanes) is 2. The molecule has 0 unspecified atom stereocenters. The second-order valence-corrected chi connectivity index (χ2v) is 33.5. The minimum Gasteiger partial charge on any atom is -0.508 e. The fourth-order valence-electron chi connectivity index (χ4n) is 14.5. The second-order valence-electron chi connectivity index (χ2n) is 33.5. The minimum atomic E-state index is -1.83. The van der Waals surface area contributed by atoms with E-state index < -0.39 is 229 Å².